The number of primary amides is 1. The topological polar surface area (TPSA) is 94.5 Å². The summed E-state index contributed by atoms with van der Waals surface area (Å²) in [7, 11) is 1.66. The Balaban J connectivity index is 1.69. The average Bonchev–Trinajstić information content (AvgIpc) is 3.60. The highest BCUT2D eigenvalue weighted by Crippen LogP contribution is 2.43. The number of carbonyl (C=O) groups excluding carboxylic acids is 1. The second-order valence-corrected chi connectivity index (χ2v) is 9.23. The minimum absolute atomic E-state index is 0.380. The lowest BCUT2D eigenvalue weighted by Gasteiger charge is -2.14. The van der Waals surface area contributed by atoms with Crippen molar-refractivity contribution in [1.29, 1.82) is 0 Å². The van der Waals surface area contributed by atoms with Crippen LogP contribution in [-0.2, 0) is 0 Å². The fraction of sp³-hybridized carbons (Fsp3) is 0.296. The van der Waals surface area contributed by atoms with E-state index >= 15 is 0 Å². The maximum absolute atomic E-state index is 12.0. The molecule has 34 heavy (non-hydrogen) atoms. The number of rotatable bonds is 8. The Morgan fingerprint density at radius 3 is 2.74 bits per heavy atom. The van der Waals surface area contributed by atoms with Crippen LogP contribution in [0, 0.1) is 5.92 Å². The number of fused-ring (bicyclic) bond motifs is 1. The van der Waals surface area contributed by atoms with Gasteiger partial charge in [0.15, 0.2) is 11.5 Å². The second kappa shape index (κ2) is 8.82. The van der Waals surface area contributed by atoms with Gasteiger partial charge in [0.2, 0.25) is 5.91 Å². The monoisotopic (exact) mass is 455 g/mol. The molecule has 2 aromatic heterocycles. The first-order valence-electron chi connectivity index (χ1n) is 11.7. The molecule has 0 unspecified atom stereocenters. The molecular formula is C27H29N5O2. The molecule has 2 heterocycles. The van der Waals surface area contributed by atoms with Crippen molar-refractivity contribution >= 4 is 17.4 Å². The van der Waals surface area contributed by atoms with Crippen LogP contribution in [0.15, 0.2) is 54.9 Å². The molecule has 1 amide bonds. The smallest absolute Gasteiger partial charge is 0.248 e. The van der Waals surface area contributed by atoms with Crippen molar-refractivity contribution in [3.05, 3.63) is 66.0 Å². The number of ether oxygens (including phenoxy) is 1. The Labute approximate surface area is 199 Å². The van der Waals surface area contributed by atoms with Crippen LogP contribution in [0.25, 0.3) is 28.2 Å². The molecule has 4 aromatic rings. The van der Waals surface area contributed by atoms with Crippen LogP contribution >= 0.6 is 0 Å². The van der Waals surface area contributed by atoms with Crippen LogP contribution < -0.4 is 15.8 Å². The first-order chi connectivity index (χ1) is 16.5. The van der Waals surface area contributed by atoms with E-state index in [9.17, 15) is 4.79 Å². The van der Waals surface area contributed by atoms with Crippen molar-refractivity contribution in [1.82, 2.24) is 14.4 Å². The number of para-hydroxylation sites is 1. The Hall–Kier alpha value is -3.87. The molecule has 0 aliphatic heterocycles. The van der Waals surface area contributed by atoms with Gasteiger partial charge in [-0.1, -0.05) is 32.0 Å². The number of nitrogens with one attached hydrogen (secondary N) is 1. The molecule has 0 atom stereocenters. The Morgan fingerprint density at radius 1 is 1.24 bits per heavy atom. The van der Waals surface area contributed by atoms with E-state index in [2.05, 4.69) is 29.6 Å². The van der Waals surface area contributed by atoms with Crippen molar-refractivity contribution in [2.24, 2.45) is 11.7 Å². The summed E-state index contributed by atoms with van der Waals surface area (Å²) in [5.74, 6) is 1.95. The summed E-state index contributed by atoms with van der Waals surface area (Å²) in [5.41, 5.74) is 11.6. The van der Waals surface area contributed by atoms with Crippen LogP contribution in [0.4, 0.5) is 5.82 Å². The molecule has 0 bridgehead atoms. The molecule has 0 radical (unpaired) electrons. The average molecular weight is 456 g/mol. The molecule has 174 valence electrons. The lowest BCUT2D eigenvalue weighted by Crippen LogP contribution is -2.13. The normalized spacial score (nSPS) is 13.4. The fourth-order valence-corrected chi connectivity index (χ4v) is 4.29. The van der Waals surface area contributed by atoms with Gasteiger partial charge < -0.3 is 15.8 Å². The van der Waals surface area contributed by atoms with Crippen LogP contribution in [0.5, 0.6) is 5.75 Å². The maximum Gasteiger partial charge on any atom is 0.248 e. The van der Waals surface area contributed by atoms with Crippen molar-refractivity contribution in [2.45, 2.75) is 32.6 Å². The molecule has 1 aliphatic carbocycles. The third-order valence-corrected chi connectivity index (χ3v) is 6.18. The third kappa shape index (κ3) is 4.09. The zero-order chi connectivity index (χ0) is 23.8. The summed E-state index contributed by atoms with van der Waals surface area (Å²) in [6.07, 6.45) is 6.03. The summed E-state index contributed by atoms with van der Waals surface area (Å²) in [4.78, 5) is 21.6. The number of hydrogen-bond acceptors (Lipinski definition) is 5. The quantitative estimate of drug-likeness (QED) is 0.385. The van der Waals surface area contributed by atoms with E-state index in [1.165, 1.54) is 0 Å². The van der Waals surface area contributed by atoms with Gasteiger partial charge >= 0.3 is 0 Å². The van der Waals surface area contributed by atoms with Crippen LogP contribution in [-0.4, -0.2) is 33.9 Å². The van der Waals surface area contributed by atoms with Gasteiger partial charge in [-0.25, -0.2) is 9.97 Å². The van der Waals surface area contributed by atoms with Crippen LogP contribution in [0.2, 0.25) is 0 Å². The highest BCUT2D eigenvalue weighted by Gasteiger charge is 2.28. The highest BCUT2D eigenvalue weighted by molar-refractivity contribution is 5.95. The van der Waals surface area contributed by atoms with E-state index in [4.69, 9.17) is 20.4 Å². The molecular weight excluding hydrogens is 426 g/mol. The molecule has 0 saturated heterocycles. The Morgan fingerprint density at radius 2 is 2.03 bits per heavy atom. The number of nitrogens with two attached hydrogens (primary N) is 1. The van der Waals surface area contributed by atoms with Crippen molar-refractivity contribution in [2.75, 3.05) is 19.0 Å². The number of amides is 1. The van der Waals surface area contributed by atoms with Crippen molar-refractivity contribution in [3.8, 4) is 28.3 Å². The molecule has 2 aromatic carbocycles. The predicted molar refractivity (Wildman–Crippen MR) is 134 cm³/mol. The number of imidazole rings is 1. The number of benzene rings is 2. The van der Waals surface area contributed by atoms with E-state index in [0.29, 0.717) is 17.4 Å². The van der Waals surface area contributed by atoms with Gasteiger partial charge in [-0.2, -0.15) is 0 Å². The van der Waals surface area contributed by atoms with Crippen LogP contribution in [0.3, 0.4) is 0 Å². The van der Waals surface area contributed by atoms with E-state index in [0.717, 1.165) is 64.7 Å². The SMILES string of the molecule is COc1ccccc1-c1cn2c(-c3ccc(C(N)=O)c(C4CC4)c3)cnc2c(NCC(C)C)n1. The van der Waals surface area contributed by atoms with Gasteiger partial charge in [-0.05, 0) is 54.5 Å². The number of hydrogen-bond donors (Lipinski definition) is 2. The Bertz CT molecular complexity index is 1370. The van der Waals surface area contributed by atoms with Gasteiger partial charge in [0.05, 0.1) is 24.7 Å². The molecule has 7 nitrogen and oxygen atoms in total. The molecule has 3 N–H and O–H groups in total. The maximum atomic E-state index is 12.0. The van der Waals surface area contributed by atoms with E-state index < -0.39 is 0 Å². The molecule has 1 fully saturated rings. The van der Waals surface area contributed by atoms with Gasteiger partial charge in [-0.3, -0.25) is 9.20 Å². The molecule has 0 spiro atoms. The Kier molecular flexibility index (Phi) is 5.69. The first kappa shape index (κ1) is 21.9. The van der Waals surface area contributed by atoms with Gasteiger partial charge in [0.25, 0.3) is 0 Å². The number of anilines is 1. The van der Waals surface area contributed by atoms with Gasteiger partial charge in [-0.15, -0.1) is 0 Å². The summed E-state index contributed by atoms with van der Waals surface area (Å²) in [5, 5.41) is 3.47. The highest BCUT2D eigenvalue weighted by atomic mass is 16.5. The summed E-state index contributed by atoms with van der Waals surface area (Å²) in [6.45, 7) is 5.09. The molecule has 1 saturated carbocycles. The number of carbonyl (C=O) groups is 1. The van der Waals surface area contributed by atoms with Crippen molar-refractivity contribution < 1.29 is 9.53 Å². The zero-order valence-corrected chi connectivity index (χ0v) is 19.7. The summed E-state index contributed by atoms with van der Waals surface area (Å²) >= 11 is 0. The predicted octanol–water partition coefficient (Wildman–Crippen LogP) is 5.12. The third-order valence-electron chi connectivity index (χ3n) is 6.18. The summed E-state index contributed by atoms with van der Waals surface area (Å²) < 4.78 is 7.66. The number of methoxy groups -OCH3 is 1. The van der Waals surface area contributed by atoms with E-state index in [-0.39, 0.29) is 5.91 Å². The molecule has 7 heteroatoms. The standard InChI is InChI=1S/C27H29N5O2/c1-16(2)13-29-26-27-30-14-23(18-10-11-19(25(28)33)21(12-18)17-8-9-17)32(27)15-22(31-26)20-6-4-5-7-24(20)34-3/h4-7,10-12,14-17H,8-9,13H2,1-3H3,(H2,28,33)(H,29,31). The van der Waals surface area contributed by atoms with Crippen molar-refractivity contribution in [3.63, 3.8) is 0 Å². The fourth-order valence-electron chi connectivity index (χ4n) is 4.29. The number of aromatic nitrogens is 3. The lowest BCUT2D eigenvalue weighted by molar-refractivity contribution is 0.0999. The van der Waals surface area contributed by atoms with Gasteiger partial charge in [0, 0.05) is 29.4 Å². The molecule has 5 rings (SSSR count). The zero-order valence-electron chi connectivity index (χ0n) is 19.7. The van der Waals surface area contributed by atoms with Gasteiger partial charge in [0.1, 0.15) is 5.75 Å². The van der Waals surface area contributed by atoms with E-state index in [1.54, 1.807) is 7.11 Å². The minimum Gasteiger partial charge on any atom is -0.496 e. The molecule has 1 aliphatic rings. The second-order valence-electron chi connectivity index (χ2n) is 9.23. The number of nitrogens with zero attached hydrogens (tertiary/aromatic N) is 3. The minimum atomic E-state index is -0.380. The summed E-state index contributed by atoms with van der Waals surface area (Å²) in [6, 6.07) is 13.7. The first-order valence-corrected chi connectivity index (χ1v) is 11.7. The van der Waals surface area contributed by atoms with E-state index in [1.807, 2.05) is 48.8 Å². The largest absolute Gasteiger partial charge is 0.496 e. The lowest BCUT2D eigenvalue weighted by atomic mass is 9.98. The van der Waals surface area contributed by atoms with Crippen LogP contribution in [0.1, 0.15) is 48.5 Å².